The molecule has 3 aromatic rings. The van der Waals surface area contributed by atoms with Crippen LogP contribution in [0.5, 0.6) is 5.75 Å². The highest BCUT2D eigenvalue weighted by Gasteiger charge is 2.32. The van der Waals surface area contributed by atoms with Crippen LogP contribution in [0.25, 0.3) is 11.3 Å². The van der Waals surface area contributed by atoms with Crippen molar-refractivity contribution in [2.45, 2.75) is 12.5 Å². The van der Waals surface area contributed by atoms with Gasteiger partial charge < -0.3 is 10.1 Å². The fourth-order valence-electron chi connectivity index (χ4n) is 3.43. The van der Waals surface area contributed by atoms with E-state index in [4.69, 9.17) is 4.74 Å². The van der Waals surface area contributed by atoms with Crippen molar-refractivity contribution in [1.29, 1.82) is 0 Å². The number of rotatable bonds is 5. The number of benzene rings is 2. The van der Waals surface area contributed by atoms with Crippen LogP contribution in [-0.4, -0.2) is 42.7 Å². The number of halogens is 1. The van der Waals surface area contributed by atoms with Gasteiger partial charge in [0.15, 0.2) is 9.84 Å². The lowest BCUT2D eigenvalue weighted by atomic mass is 10.1. The first kappa shape index (κ1) is 20.1. The number of sulfone groups is 1. The average molecular weight is 429 g/mol. The van der Waals surface area contributed by atoms with Crippen molar-refractivity contribution in [3.63, 3.8) is 0 Å². The molecule has 0 bridgehead atoms. The predicted molar refractivity (Wildman–Crippen MR) is 111 cm³/mol. The fraction of sp³-hybridized carbons (Fsp3) is 0.238. The zero-order chi connectivity index (χ0) is 21.3. The van der Waals surface area contributed by atoms with Gasteiger partial charge in [0.2, 0.25) is 0 Å². The Kier molecular flexibility index (Phi) is 5.29. The standard InChI is InChI=1S/C21H20FN3O4S/c1-29-18-8-4-14(5-9-18)19-12-20(23-21(26)15-2-6-16(22)7-3-15)25(24-19)17-10-11-30(27,28)13-17/h2-9,12,17H,10-11,13H2,1H3,(H,23,26). The molecule has 1 aliphatic heterocycles. The number of methoxy groups -OCH3 is 1. The van der Waals surface area contributed by atoms with Crippen LogP contribution in [0, 0.1) is 5.82 Å². The van der Waals surface area contributed by atoms with Crippen LogP contribution < -0.4 is 10.1 Å². The number of amides is 1. The summed E-state index contributed by atoms with van der Waals surface area (Å²) >= 11 is 0. The summed E-state index contributed by atoms with van der Waals surface area (Å²) in [5.74, 6) is 0.270. The van der Waals surface area contributed by atoms with Gasteiger partial charge in [-0.15, -0.1) is 0 Å². The summed E-state index contributed by atoms with van der Waals surface area (Å²) < 4.78 is 43.8. The predicted octanol–water partition coefficient (Wildman–Crippen LogP) is 3.31. The molecule has 0 spiro atoms. The highest BCUT2D eigenvalue weighted by Crippen LogP contribution is 2.31. The van der Waals surface area contributed by atoms with E-state index in [2.05, 4.69) is 10.4 Å². The lowest BCUT2D eigenvalue weighted by molar-refractivity contribution is 0.102. The SMILES string of the molecule is COc1ccc(-c2cc(NC(=O)c3ccc(F)cc3)n(C3CCS(=O)(=O)C3)n2)cc1. The van der Waals surface area contributed by atoms with E-state index in [0.29, 0.717) is 23.7 Å². The van der Waals surface area contributed by atoms with Crippen LogP contribution in [0.15, 0.2) is 54.6 Å². The number of anilines is 1. The van der Waals surface area contributed by atoms with Crippen molar-refractivity contribution < 1.29 is 22.3 Å². The Labute approximate surface area is 173 Å². The van der Waals surface area contributed by atoms with Gasteiger partial charge in [-0.3, -0.25) is 4.79 Å². The van der Waals surface area contributed by atoms with Crippen LogP contribution in [0.3, 0.4) is 0 Å². The molecule has 1 atom stereocenters. The van der Waals surface area contributed by atoms with E-state index in [1.807, 2.05) is 12.1 Å². The summed E-state index contributed by atoms with van der Waals surface area (Å²) in [6.45, 7) is 0. The molecule has 1 amide bonds. The first-order chi connectivity index (χ1) is 14.3. The van der Waals surface area contributed by atoms with Crippen molar-refractivity contribution in [3.8, 4) is 17.0 Å². The molecule has 1 unspecified atom stereocenters. The van der Waals surface area contributed by atoms with Crippen molar-refractivity contribution in [2.75, 3.05) is 23.9 Å². The molecule has 2 aromatic carbocycles. The molecule has 2 heterocycles. The van der Waals surface area contributed by atoms with Gasteiger partial charge in [-0.05, 0) is 55.0 Å². The minimum Gasteiger partial charge on any atom is -0.497 e. The molecule has 1 N–H and O–H groups in total. The molecule has 1 aliphatic rings. The molecule has 0 saturated carbocycles. The van der Waals surface area contributed by atoms with Gasteiger partial charge >= 0.3 is 0 Å². The van der Waals surface area contributed by atoms with Gasteiger partial charge in [0, 0.05) is 17.2 Å². The van der Waals surface area contributed by atoms with Crippen LogP contribution >= 0.6 is 0 Å². The molecule has 4 rings (SSSR count). The molecule has 30 heavy (non-hydrogen) atoms. The lowest BCUT2D eigenvalue weighted by Crippen LogP contribution is -2.19. The number of hydrogen-bond donors (Lipinski definition) is 1. The smallest absolute Gasteiger partial charge is 0.256 e. The Morgan fingerprint density at radius 2 is 1.87 bits per heavy atom. The van der Waals surface area contributed by atoms with E-state index >= 15 is 0 Å². The quantitative estimate of drug-likeness (QED) is 0.672. The molecule has 1 saturated heterocycles. The number of hydrogen-bond acceptors (Lipinski definition) is 5. The number of aromatic nitrogens is 2. The van der Waals surface area contributed by atoms with Gasteiger partial charge in [0.25, 0.3) is 5.91 Å². The Hall–Kier alpha value is -3.20. The summed E-state index contributed by atoms with van der Waals surface area (Å²) in [4.78, 5) is 12.6. The second-order valence-corrected chi connectivity index (χ2v) is 9.33. The van der Waals surface area contributed by atoms with Crippen LogP contribution in [-0.2, 0) is 9.84 Å². The summed E-state index contributed by atoms with van der Waals surface area (Å²) in [6, 6.07) is 13.8. The van der Waals surface area contributed by atoms with E-state index in [0.717, 1.165) is 5.56 Å². The third-order valence-corrected chi connectivity index (χ3v) is 6.77. The Morgan fingerprint density at radius 1 is 1.17 bits per heavy atom. The molecule has 7 nitrogen and oxygen atoms in total. The first-order valence-corrected chi connectivity index (χ1v) is 11.2. The highest BCUT2D eigenvalue weighted by atomic mass is 32.2. The molecular formula is C21H20FN3O4S. The van der Waals surface area contributed by atoms with Crippen LogP contribution in [0.2, 0.25) is 0 Å². The van der Waals surface area contributed by atoms with E-state index in [9.17, 15) is 17.6 Å². The number of ether oxygens (including phenoxy) is 1. The van der Waals surface area contributed by atoms with Gasteiger partial charge in [-0.25, -0.2) is 17.5 Å². The van der Waals surface area contributed by atoms with Crippen molar-refractivity contribution >= 4 is 21.6 Å². The molecule has 0 radical (unpaired) electrons. The van der Waals surface area contributed by atoms with E-state index in [1.54, 1.807) is 30.0 Å². The van der Waals surface area contributed by atoms with Crippen molar-refractivity contribution in [1.82, 2.24) is 9.78 Å². The van der Waals surface area contributed by atoms with E-state index in [-0.39, 0.29) is 23.1 Å². The number of nitrogens with one attached hydrogen (secondary N) is 1. The maximum Gasteiger partial charge on any atom is 0.256 e. The summed E-state index contributed by atoms with van der Waals surface area (Å²) in [6.07, 6.45) is 0.422. The van der Waals surface area contributed by atoms with Gasteiger partial charge in [0.1, 0.15) is 17.4 Å². The molecule has 1 aromatic heterocycles. The summed E-state index contributed by atoms with van der Waals surface area (Å²) in [5.41, 5.74) is 1.68. The van der Waals surface area contributed by atoms with Gasteiger partial charge in [-0.1, -0.05) is 0 Å². The Morgan fingerprint density at radius 3 is 2.47 bits per heavy atom. The van der Waals surface area contributed by atoms with E-state index in [1.165, 1.54) is 24.3 Å². The normalized spacial score (nSPS) is 17.6. The third kappa shape index (κ3) is 4.20. The van der Waals surface area contributed by atoms with Gasteiger partial charge in [0.05, 0.1) is 30.4 Å². The molecular weight excluding hydrogens is 409 g/mol. The number of nitrogens with zero attached hydrogens (tertiary/aromatic N) is 2. The topological polar surface area (TPSA) is 90.3 Å². The molecule has 1 fully saturated rings. The van der Waals surface area contributed by atoms with Crippen LogP contribution in [0.1, 0.15) is 22.8 Å². The maximum atomic E-state index is 13.2. The van der Waals surface area contributed by atoms with Crippen LogP contribution in [0.4, 0.5) is 10.2 Å². The fourth-order valence-corrected chi connectivity index (χ4v) is 5.12. The van der Waals surface area contributed by atoms with Crippen molar-refractivity contribution in [2.24, 2.45) is 0 Å². The Balaban J connectivity index is 1.68. The molecule has 9 heteroatoms. The highest BCUT2D eigenvalue weighted by molar-refractivity contribution is 7.91. The number of carbonyl (C=O) groups is 1. The largest absolute Gasteiger partial charge is 0.497 e. The second-order valence-electron chi connectivity index (χ2n) is 7.11. The van der Waals surface area contributed by atoms with E-state index < -0.39 is 21.6 Å². The zero-order valence-electron chi connectivity index (χ0n) is 16.2. The molecule has 0 aliphatic carbocycles. The summed E-state index contributed by atoms with van der Waals surface area (Å²) in [5, 5.41) is 7.36. The minimum absolute atomic E-state index is 0.0316. The first-order valence-electron chi connectivity index (χ1n) is 9.36. The average Bonchev–Trinajstić information content (AvgIpc) is 3.31. The van der Waals surface area contributed by atoms with Crippen molar-refractivity contribution in [3.05, 3.63) is 66.0 Å². The Bertz CT molecular complexity index is 1170. The van der Waals surface area contributed by atoms with Gasteiger partial charge in [-0.2, -0.15) is 5.10 Å². The minimum atomic E-state index is -3.14. The monoisotopic (exact) mass is 429 g/mol. The second kappa shape index (κ2) is 7.91. The maximum absolute atomic E-state index is 13.2. The zero-order valence-corrected chi connectivity index (χ0v) is 17.0. The number of carbonyl (C=O) groups excluding carboxylic acids is 1. The summed E-state index contributed by atoms with van der Waals surface area (Å²) in [7, 11) is -1.57. The third-order valence-electron chi connectivity index (χ3n) is 5.02. The molecule has 156 valence electrons. The lowest BCUT2D eigenvalue weighted by Gasteiger charge is -2.13.